The fraction of sp³-hybridized carbons (Fsp3) is 0.368. The molecule has 1 aliphatic rings. The highest BCUT2D eigenvalue weighted by molar-refractivity contribution is 7.18. The summed E-state index contributed by atoms with van der Waals surface area (Å²) in [7, 11) is 0. The van der Waals surface area contributed by atoms with Crippen molar-refractivity contribution < 1.29 is 14.3 Å². The third-order valence-electron chi connectivity index (χ3n) is 3.89. The molecule has 0 radical (unpaired) electrons. The first kappa shape index (κ1) is 17.6. The van der Waals surface area contributed by atoms with E-state index in [0.717, 1.165) is 29.8 Å². The van der Waals surface area contributed by atoms with Crippen LogP contribution in [0, 0.1) is 5.92 Å². The topological polar surface area (TPSA) is 67.4 Å². The number of hydrogen-bond acceptors (Lipinski definition) is 4. The summed E-state index contributed by atoms with van der Waals surface area (Å²) in [6, 6.07) is 13.5. The molecule has 2 N–H and O–H groups in total. The SMILES string of the molecule is O=C(NCCCOCc1ccccc1)c1ccc(NC(=O)C2CC2)s1. The van der Waals surface area contributed by atoms with Crippen LogP contribution in [0.4, 0.5) is 5.00 Å². The third kappa shape index (κ3) is 5.69. The highest BCUT2D eigenvalue weighted by atomic mass is 32.1. The number of anilines is 1. The molecule has 1 heterocycles. The molecule has 1 aromatic carbocycles. The van der Waals surface area contributed by atoms with E-state index in [1.807, 2.05) is 30.3 Å². The minimum absolute atomic E-state index is 0.0596. The van der Waals surface area contributed by atoms with Crippen LogP contribution < -0.4 is 10.6 Å². The van der Waals surface area contributed by atoms with Crippen molar-refractivity contribution in [3.8, 4) is 0 Å². The molecule has 1 aliphatic carbocycles. The lowest BCUT2D eigenvalue weighted by atomic mass is 10.2. The number of amides is 2. The molecule has 25 heavy (non-hydrogen) atoms. The predicted octanol–water partition coefficient (Wildman–Crippen LogP) is 3.43. The zero-order chi connectivity index (χ0) is 17.5. The molecular weight excluding hydrogens is 336 g/mol. The molecule has 5 nitrogen and oxygen atoms in total. The number of ether oxygens (including phenoxy) is 1. The smallest absolute Gasteiger partial charge is 0.261 e. The van der Waals surface area contributed by atoms with Crippen LogP contribution in [-0.2, 0) is 16.1 Å². The van der Waals surface area contributed by atoms with E-state index in [1.54, 1.807) is 12.1 Å². The molecule has 0 aliphatic heterocycles. The minimum atomic E-state index is -0.111. The average Bonchev–Trinajstić information content (AvgIpc) is 3.38. The van der Waals surface area contributed by atoms with Gasteiger partial charge in [0.25, 0.3) is 5.91 Å². The Morgan fingerprint density at radius 2 is 1.92 bits per heavy atom. The van der Waals surface area contributed by atoms with Crippen LogP contribution >= 0.6 is 11.3 Å². The first-order valence-electron chi connectivity index (χ1n) is 8.53. The summed E-state index contributed by atoms with van der Waals surface area (Å²) >= 11 is 1.30. The molecular formula is C19H22N2O3S. The van der Waals surface area contributed by atoms with Crippen LogP contribution in [0.25, 0.3) is 0 Å². The maximum Gasteiger partial charge on any atom is 0.261 e. The zero-order valence-electron chi connectivity index (χ0n) is 14.0. The van der Waals surface area contributed by atoms with Gasteiger partial charge in [0.15, 0.2) is 0 Å². The lowest BCUT2D eigenvalue weighted by molar-refractivity contribution is -0.117. The molecule has 2 aromatic rings. The van der Waals surface area contributed by atoms with Gasteiger partial charge < -0.3 is 15.4 Å². The van der Waals surface area contributed by atoms with Crippen LogP contribution in [-0.4, -0.2) is 25.0 Å². The van der Waals surface area contributed by atoms with Gasteiger partial charge >= 0.3 is 0 Å². The maximum atomic E-state index is 12.1. The largest absolute Gasteiger partial charge is 0.377 e. The van der Waals surface area contributed by atoms with E-state index in [-0.39, 0.29) is 17.7 Å². The summed E-state index contributed by atoms with van der Waals surface area (Å²) in [4.78, 5) is 24.4. The summed E-state index contributed by atoms with van der Waals surface area (Å²) in [5.41, 5.74) is 1.14. The maximum absolute atomic E-state index is 12.1. The summed E-state index contributed by atoms with van der Waals surface area (Å²) in [6.45, 7) is 1.75. The van der Waals surface area contributed by atoms with E-state index in [1.165, 1.54) is 11.3 Å². The van der Waals surface area contributed by atoms with Crippen molar-refractivity contribution in [2.75, 3.05) is 18.5 Å². The molecule has 0 saturated heterocycles. The minimum Gasteiger partial charge on any atom is -0.377 e. The van der Waals surface area contributed by atoms with E-state index < -0.39 is 0 Å². The number of thiophene rings is 1. The fourth-order valence-corrected chi connectivity index (χ4v) is 3.15. The van der Waals surface area contributed by atoms with Crippen LogP contribution in [0.2, 0.25) is 0 Å². The highest BCUT2D eigenvalue weighted by Gasteiger charge is 2.29. The first-order valence-corrected chi connectivity index (χ1v) is 9.34. The molecule has 132 valence electrons. The first-order chi connectivity index (χ1) is 12.2. The Kier molecular flexibility index (Phi) is 6.19. The number of carbonyl (C=O) groups is 2. The quantitative estimate of drug-likeness (QED) is 0.675. The van der Waals surface area contributed by atoms with Crippen molar-refractivity contribution in [2.45, 2.75) is 25.9 Å². The number of nitrogens with one attached hydrogen (secondary N) is 2. The normalized spacial score (nSPS) is 13.4. The van der Waals surface area contributed by atoms with Gasteiger partial charge in [-0.15, -0.1) is 11.3 Å². The van der Waals surface area contributed by atoms with Crippen molar-refractivity contribution >= 4 is 28.2 Å². The number of rotatable bonds is 9. The second-order valence-corrected chi connectivity index (χ2v) is 7.16. The molecule has 6 heteroatoms. The number of carbonyl (C=O) groups excluding carboxylic acids is 2. The lowest BCUT2D eigenvalue weighted by Gasteiger charge is -2.05. The highest BCUT2D eigenvalue weighted by Crippen LogP contribution is 2.31. The van der Waals surface area contributed by atoms with Crippen LogP contribution in [0.15, 0.2) is 42.5 Å². The number of benzene rings is 1. The van der Waals surface area contributed by atoms with E-state index in [0.29, 0.717) is 24.6 Å². The van der Waals surface area contributed by atoms with Crippen LogP contribution in [0.1, 0.15) is 34.5 Å². The Morgan fingerprint density at radius 3 is 2.68 bits per heavy atom. The second-order valence-electron chi connectivity index (χ2n) is 6.08. The van der Waals surface area contributed by atoms with E-state index in [4.69, 9.17) is 4.74 Å². The summed E-state index contributed by atoms with van der Waals surface area (Å²) in [5.74, 6) is 0.111. The van der Waals surface area contributed by atoms with Crippen LogP contribution in [0.3, 0.4) is 0 Å². The van der Waals surface area contributed by atoms with Crippen LogP contribution in [0.5, 0.6) is 0 Å². The van der Waals surface area contributed by atoms with Gasteiger partial charge in [-0.05, 0) is 37.0 Å². The number of hydrogen-bond donors (Lipinski definition) is 2. The predicted molar refractivity (Wildman–Crippen MR) is 98.7 cm³/mol. The van der Waals surface area contributed by atoms with Crippen molar-refractivity contribution in [1.29, 1.82) is 0 Å². The summed E-state index contributed by atoms with van der Waals surface area (Å²) in [5, 5.41) is 6.47. The molecule has 1 saturated carbocycles. The summed E-state index contributed by atoms with van der Waals surface area (Å²) in [6.07, 6.45) is 2.70. The van der Waals surface area contributed by atoms with E-state index >= 15 is 0 Å². The Labute approximate surface area is 151 Å². The molecule has 2 amide bonds. The van der Waals surface area contributed by atoms with E-state index in [2.05, 4.69) is 10.6 Å². The van der Waals surface area contributed by atoms with Gasteiger partial charge in [0, 0.05) is 19.1 Å². The standard InChI is InChI=1S/C19H22N2O3S/c22-18(15-7-8-15)21-17-10-9-16(25-17)19(23)20-11-4-12-24-13-14-5-2-1-3-6-14/h1-3,5-6,9-10,15H,4,7-8,11-13H2,(H,20,23)(H,21,22). The zero-order valence-corrected chi connectivity index (χ0v) is 14.8. The van der Waals surface area contributed by atoms with Gasteiger partial charge in [0.05, 0.1) is 16.5 Å². The fourth-order valence-electron chi connectivity index (χ4n) is 2.32. The van der Waals surface area contributed by atoms with Gasteiger partial charge in [0.2, 0.25) is 5.91 Å². The average molecular weight is 358 g/mol. The van der Waals surface area contributed by atoms with Gasteiger partial charge in [-0.25, -0.2) is 0 Å². The van der Waals surface area contributed by atoms with Gasteiger partial charge in [-0.2, -0.15) is 0 Å². The van der Waals surface area contributed by atoms with Gasteiger partial charge in [0.1, 0.15) is 0 Å². The Morgan fingerprint density at radius 1 is 1.12 bits per heavy atom. The van der Waals surface area contributed by atoms with E-state index in [9.17, 15) is 9.59 Å². The monoisotopic (exact) mass is 358 g/mol. The molecule has 0 unspecified atom stereocenters. The Hall–Kier alpha value is -2.18. The molecule has 0 atom stereocenters. The molecule has 1 aromatic heterocycles. The Balaban J connectivity index is 1.31. The van der Waals surface area contributed by atoms with Crippen molar-refractivity contribution in [1.82, 2.24) is 5.32 Å². The third-order valence-corrected chi connectivity index (χ3v) is 4.89. The molecule has 0 spiro atoms. The van der Waals surface area contributed by atoms with Crippen molar-refractivity contribution in [3.63, 3.8) is 0 Å². The van der Waals surface area contributed by atoms with Crippen molar-refractivity contribution in [3.05, 3.63) is 52.9 Å². The Bertz CT molecular complexity index is 710. The van der Waals surface area contributed by atoms with Gasteiger partial charge in [-0.1, -0.05) is 30.3 Å². The second kappa shape index (κ2) is 8.78. The van der Waals surface area contributed by atoms with Gasteiger partial charge in [-0.3, -0.25) is 9.59 Å². The summed E-state index contributed by atoms with van der Waals surface area (Å²) < 4.78 is 5.59. The van der Waals surface area contributed by atoms with Crippen molar-refractivity contribution in [2.24, 2.45) is 5.92 Å². The lowest BCUT2D eigenvalue weighted by Crippen LogP contribution is -2.24. The molecule has 0 bridgehead atoms. The molecule has 3 rings (SSSR count). The molecule has 1 fully saturated rings.